The van der Waals surface area contributed by atoms with E-state index in [1.54, 1.807) is 24.3 Å². The Kier molecular flexibility index (Phi) is 4.91. The van der Waals surface area contributed by atoms with Gasteiger partial charge in [0.1, 0.15) is 22.4 Å². The molecule has 33 heavy (non-hydrogen) atoms. The smallest absolute Gasteiger partial charge is 0.265 e. The first kappa shape index (κ1) is 20.8. The number of rotatable bonds is 3. The number of halogens is 1. The topological polar surface area (TPSA) is 96.4 Å². The second-order valence-electron chi connectivity index (χ2n) is 7.68. The Morgan fingerprint density at radius 3 is 2.36 bits per heavy atom. The number of fused-ring (bicyclic) bond motifs is 2. The zero-order valence-corrected chi connectivity index (χ0v) is 18.1. The summed E-state index contributed by atoms with van der Waals surface area (Å²) in [4.78, 5) is -0.0884. The first-order chi connectivity index (χ1) is 15.9. The van der Waals surface area contributed by atoms with Gasteiger partial charge in [0.05, 0.1) is 18.2 Å². The van der Waals surface area contributed by atoms with E-state index in [1.807, 2.05) is 36.4 Å². The quantitative estimate of drug-likeness (QED) is 0.628. The molecule has 0 bridgehead atoms. The average molecular weight is 460 g/mol. The van der Waals surface area contributed by atoms with E-state index in [0.717, 1.165) is 5.56 Å². The summed E-state index contributed by atoms with van der Waals surface area (Å²) in [5, 5.41) is 9.83. The molecule has 3 aromatic rings. The van der Waals surface area contributed by atoms with Crippen LogP contribution in [0.4, 0.5) is 10.1 Å². The van der Waals surface area contributed by atoms with Gasteiger partial charge < -0.3 is 10.5 Å². The van der Waals surface area contributed by atoms with Crippen LogP contribution in [0.2, 0.25) is 0 Å². The van der Waals surface area contributed by atoms with Crippen LogP contribution < -0.4 is 10.0 Å². The van der Waals surface area contributed by atoms with Crippen LogP contribution in [-0.4, -0.2) is 8.42 Å². The van der Waals surface area contributed by atoms with Crippen LogP contribution in [-0.2, 0) is 21.3 Å². The van der Waals surface area contributed by atoms with Gasteiger partial charge in [0.15, 0.2) is 5.76 Å². The molecule has 0 unspecified atom stereocenters. The zero-order valence-electron chi connectivity index (χ0n) is 17.3. The van der Waals surface area contributed by atoms with Crippen LogP contribution in [0.15, 0.2) is 95.2 Å². The number of benzene rings is 3. The number of nitrogens with zero attached hydrogens (tertiary/aromatic N) is 2. The van der Waals surface area contributed by atoms with Crippen LogP contribution in [0.25, 0.3) is 5.76 Å². The lowest BCUT2D eigenvalue weighted by molar-refractivity contribution is 0.357. The van der Waals surface area contributed by atoms with Crippen molar-refractivity contribution in [2.75, 3.05) is 4.31 Å². The Labute approximate surface area is 190 Å². The van der Waals surface area contributed by atoms with Crippen LogP contribution in [0.5, 0.6) is 0 Å². The van der Waals surface area contributed by atoms with Crippen LogP contribution >= 0.6 is 0 Å². The Balaban J connectivity index is 1.77. The third kappa shape index (κ3) is 3.34. The van der Waals surface area contributed by atoms with Crippen molar-refractivity contribution >= 4 is 21.5 Å². The fourth-order valence-corrected chi connectivity index (χ4v) is 6.13. The minimum atomic E-state index is -4.16. The van der Waals surface area contributed by atoms with E-state index in [9.17, 15) is 18.1 Å². The second-order valence-corrected chi connectivity index (χ2v) is 9.51. The molecule has 0 amide bonds. The van der Waals surface area contributed by atoms with E-state index in [2.05, 4.69) is 0 Å². The molecule has 5 rings (SSSR count). The lowest BCUT2D eigenvalue weighted by Crippen LogP contribution is -2.39. The third-order valence-electron chi connectivity index (χ3n) is 5.73. The summed E-state index contributed by atoms with van der Waals surface area (Å²) in [7, 11) is -4.16. The predicted molar refractivity (Wildman–Crippen MR) is 122 cm³/mol. The number of hydrogen-bond acceptors (Lipinski definition) is 5. The van der Waals surface area contributed by atoms with Crippen molar-refractivity contribution in [2.24, 2.45) is 5.73 Å². The van der Waals surface area contributed by atoms with Gasteiger partial charge in [-0.1, -0.05) is 54.6 Å². The van der Waals surface area contributed by atoms with Gasteiger partial charge in [-0.05, 0) is 35.4 Å². The van der Waals surface area contributed by atoms with Crippen molar-refractivity contribution in [1.29, 1.82) is 5.26 Å². The monoisotopic (exact) mass is 459 g/mol. The van der Waals surface area contributed by atoms with Crippen LogP contribution in [0.3, 0.4) is 0 Å². The number of allylic oxidation sites excluding steroid dienone is 2. The van der Waals surface area contributed by atoms with Gasteiger partial charge in [0, 0.05) is 5.56 Å². The number of anilines is 1. The van der Waals surface area contributed by atoms with E-state index in [0.29, 0.717) is 16.8 Å². The van der Waals surface area contributed by atoms with E-state index >= 15 is 0 Å². The molecule has 8 heteroatoms. The Bertz CT molecular complexity index is 1460. The number of nitrogens with two attached hydrogens (primary N) is 1. The summed E-state index contributed by atoms with van der Waals surface area (Å²) in [5.74, 6) is -1.60. The van der Waals surface area contributed by atoms with Crippen LogP contribution in [0.1, 0.15) is 22.6 Å². The fourth-order valence-electron chi connectivity index (χ4n) is 4.22. The zero-order chi connectivity index (χ0) is 23.2. The van der Waals surface area contributed by atoms with E-state index in [4.69, 9.17) is 10.5 Å². The number of hydrogen-bond donors (Lipinski definition) is 1. The van der Waals surface area contributed by atoms with Crippen molar-refractivity contribution in [2.45, 2.75) is 12.5 Å². The normalized spacial score (nSPS) is 18.8. The van der Waals surface area contributed by atoms with Gasteiger partial charge in [0.25, 0.3) is 10.0 Å². The molecule has 0 radical (unpaired) electrons. The van der Waals surface area contributed by atoms with Gasteiger partial charge in [0.2, 0.25) is 5.88 Å². The van der Waals surface area contributed by atoms with Gasteiger partial charge in [-0.2, -0.15) is 5.26 Å². The Morgan fingerprint density at radius 2 is 1.67 bits per heavy atom. The molecular formula is C25H18FN3O3S. The molecule has 2 aliphatic heterocycles. The molecular weight excluding hydrogens is 441 g/mol. The molecule has 0 aliphatic carbocycles. The predicted octanol–water partition coefficient (Wildman–Crippen LogP) is 4.35. The van der Waals surface area contributed by atoms with Gasteiger partial charge in [-0.15, -0.1) is 0 Å². The van der Waals surface area contributed by atoms with E-state index < -0.39 is 21.8 Å². The van der Waals surface area contributed by atoms with Gasteiger partial charge in [-0.25, -0.2) is 12.8 Å². The molecule has 0 aromatic heterocycles. The van der Waals surface area contributed by atoms with Crippen molar-refractivity contribution in [3.05, 3.63) is 118 Å². The fraction of sp³-hybridized carbons (Fsp3) is 0.0800. The maximum Gasteiger partial charge on any atom is 0.265 e. The summed E-state index contributed by atoms with van der Waals surface area (Å²) >= 11 is 0. The van der Waals surface area contributed by atoms with Crippen molar-refractivity contribution in [1.82, 2.24) is 0 Å². The molecule has 2 aliphatic rings. The minimum Gasteiger partial charge on any atom is -0.439 e. The first-order valence-corrected chi connectivity index (χ1v) is 11.6. The molecule has 1 atom stereocenters. The highest BCUT2D eigenvalue weighted by molar-refractivity contribution is 7.96. The largest absolute Gasteiger partial charge is 0.439 e. The minimum absolute atomic E-state index is 0.0389. The highest BCUT2D eigenvalue weighted by Gasteiger charge is 2.47. The Hall–Kier alpha value is -4.09. The lowest BCUT2D eigenvalue weighted by atomic mass is 9.88. The molecule has 0 fully saturated rings. The molecule has 164 valence electrons. The summed E-state index contributed by atoms with van der Waals surface area (Å²) in [5.41, 5.74) is 8.26. The molecule has 2 N–H and O–H groups in total. The van der Waals surface area contributed by atoms with Crippen molar-refractivity contribution < 1.29 is 17.5 Å². The number of para-hydroxylation sites is 1. The summed E-state index contributed by atoms with van der Waals surface area (Å²) < 4.78 is 48.9. The molecule has 0 saturated heterocycles. The maximum absolute atomic E-state index is 14.1. The van der Waals surface area contributed by atoms with Crippen molar-refractivity contribution in [3.8, 4) is 6.07 Å². The maximum atomic E-state index is 14.1. The van der Waals surface area contributed by atoms with Gasteiger partial charge >= 0.3 is 0 Å². The highest BCUT2D eigenvalue weighted by Crippen LogP contribution is 2.51. The van der Waals surface area contributed by atoms with Crippen LogP contribution in [0, 0.1) is 17.1 Å². The molecule has 2 heterocycles. The second kappa shape index (κ2) is 7.80. The van der Waals surface area contributed by atoms with Gasteiger partial charge in [-0.3, -0.25) is 4.31 Å². The standard InChI is InChI=1S/C25H18FN3O3S/c26-18-12-10-17(11-13-18)22-20(14-27)25(28)32-23-19-8-4-5-9-21(19)29(33(30,31)24(22)23)15-16-6-2-1-3-7-16/h1-13,22H,15,28H2/t22-/m0/s1. The molecule has 0 saturated carbocycles. The lowest BCUT2D eigenvalue weighted by Gasteiger charge is -2.38. The Morgan fingerprint density at radius 1 is 1.00 bits per heavy atom. The number of nitriles is 1. The molecule has 3 aromatic carbocycles. The summed E-state index contributed by atoms with van der Waals surface area (Å²) in [6.45, 7) is 0.0915. The highest BCUT2D eigenvalue weighted by atomic mass is 32.2. The molecule has 0 spiro atoms. The number of ether oxygens (including phenoxy) is 1. The number of sulfonamides is 1. The van der Waals surface area contributed by atoms with E-state index in [1.165, 1.54) is 28.6 Å². The van der Waals surface area contributed by atoms with E-state index in [-0.39, 0.29) is 28.7 Å². The SMILES string of the molecule is N#CC1=C(N)OC2=C([C@H]1c1ccc(F)cc1)S(=O)(=O)N(Cc1ccccc1)c1ccccc12. The first-order valence-electron chi connectivity index (χ1n) is 10.1. The summed E-state index contributed by atoms with van der Waals surface area (Å²) in [6, 6.07) is 23.6. The third-order valence-corrected chi connectivity index (χ3v) is 7.61. The molecule has 6 nitrogen and oxygen atoms in total. The average Bonchev–Trinajstić information content (AvgIpc) is 2.82. The summed E-state index contributed by atoms with van der Waals surface area (Å²) in [6.07, 6.45) is 0. The van der Waals surface area contributed by atoms with Crippen molar-refractivity contribution in [3.63, 3.8) is 0 Å².